The van der Waals surface area contributed by atoms with Crippen molar-refractivity contribution in [2.75, 3.05) is 0 Å². The molecule has 0 N–H and O–H groups in total. The highest BCUT2D eigenvalue weighted by atomic mass is 19.3. The van der Waals surface area contributed by atoms with Crippen molar-refractivity contribution in [1.82, 2.24) is 0 Å². The van der Waals surface area contributed by atoms with Crippen LogP contribution in [0.4, 0.5) is 30.7 Å². The molecule has 206 valence electrons. The van der Waals surface area contributed by atoms with Gasteiger partial charge in [0.1, 0.15) is 5.82 Å². The topological polar surface area (TPSA) is 0 Å². The molecule has 2 aliphatic carbocycles. The first-order chi connectivity index (χ1) is 18.7. The van der Waals surface area contributed by atoms with Crippen LogP contribution in [0.25, 0.3) is 17.0 Å². The van der Waals surface area contributed by atoms with Crippen LogP contribution in [-0.4, -0.2) is 0 Å². The zero-order valence-electron chi connectivity index (χ0n) is 21.3. The lowest BCUT2D eigenvalue weighted by molar-refractivity contribution is 0.177. The SMILES string of the molecule is FC(F)=C(F)c1ccc(C2CCC(C3CCC(c4ccc(-c5cc(F)c(F)c(F)c5)c(F)c4)CC3)CC2)cc1. The first-order valence-electron chi connectivity index (χ1n) is 13.5. The van der Waals surface area contributed by atoms with Crippen LogP contribution in [0.3, 0.4) is 0 Å². The van der Waals surface area contributed by atoms with E-state index in [0.29, 0.717) is 17.8 Å². The van der Waals surface area contributed by atoms with Gasteiger partial charge in [-0.3, -0.25) is 0 Å². The highest BCUT2D eigenvalue weighted by Gasteiger charge is 2.32. The van der Waals surface area contributed by atoms with Crippen LogP contribution < -0.4 is 0 Å². The summed E-state index contributed by atoms with van der Waals surface area (Å²) >= 11 is 0. The van der Waals surface area contributed by atoms with E-state index in [1.54, 1.807) is 18.2 Å². The largest absolute Gasteiger partial charge is 0.306 e. The van der Waals surface area contributed by atoms with Gasteiger partial charge in [0.05, 0.1) is 0 Å². The molecule has 7 heteroatoms. The Balaban J connectivity index is 1.15. The van der Waals surface area contributed by atoms with E-state index in [9.17, 15) is 30.7 Å². The Hall–Kier alpha value is -3.09. The Morgan fingerprint density at radius 1 is 0.538 bits per heavy atom. The molecule has 0 amide bonds. The highest BCUT2D eigenvalue weighted by Crippen LogP contribution is 2.46. The maximum atomic E-state index is 14.9. The Kier molecular flexibility index (Phi) is 8.15. The van der Waals surface area contributed by atoms with E-state index in [1.165, 1.54) is 24.3 Å². The van der Waals surface area contributed by atoms with Gasteiger partial charge in [0, 0.05) is 11.1 Å². The van der Waals surface area contributed by atoms with E-state index in [-0.39, 0.29) is 22.6 Å². The Morgan fingerprint density at radius 3 is 1.51 bits per heavy atom. The van der Waals surface area contributed by atoms with Crippen molar-refractivity contribution < 1.29 is 30.7 Å². The van der Waals surface area contributed by atoms with Crippen molar-refractivity contribution >= 4 is 5.83 Å². The molecule has 0 heterocycles. The molecule has 3 aromatic rings. The third-order valence-corrected chi connectivity index (χ3v) is 8.77. The molecule has 3 aromatic carbocycles. The summed E-state index contributed by atoms with van der Waals surface area (Å²) in [6, 6.07) is 12.7. The van der Waals surface area contributed by atoms with Gasteiger partial charge in [-0.15, -0.1) is 0 Å². The van der Waals surface area contributed by atoms with E-state index in [2.05, 4.69) is 0 Å². The molecule has 39 heavy (non-hydrogen) atoms. The predicted molar refractivity (Wildman–Crippen MR) is 138 cm³/mol. The smallest absolute Gasteiger partial charge is 0.206 e. The molecular weight excluding hydrogens is 517 g/mol. The van der Waals surface area contributed by atoms with E-state index in [1.807, 2.05) is 0 Å². The van der Waals surface area contributed by atoms with Gasteiger partial charge in [-0.05, 0) is 110 Å². The molecule has 0 saturated heterocycles. The summed E-state index contributed by atoms with van der Waals surface area (Å²) in [6.07, 6.45) is 5.86. The number of halogens is 7. The summed E-state index contributed by atoms with van der Waals surface area (Å²) in [4.78, 5) is 0. The third kappa shape index (κ3) is 5.92. The van der Waals surface area contributed by atoms with Crippen LogP contribution in [0.2, 0.25) is 0 Å². The van der Waals surface area contributed by atoms with E-state index in [4.69, 9.17) is 0 Å². The maximum absolute atomic E-state index is 14.9. The molecule has 5 rings (SSSR count). The van der Waals surface area contributed by atoms with E-state index < -0.39 is 35.2 Å². The standard InChI is InChI=1S/C32H29F7/c33-27-15-24(13-14-26(27)25-16-28(34)31(37)29(35)17-25)22-7-5-20(6-8-22)18-1-3-19(4-2-18)21-9-11-23(12-10-21)30(36)32(38)39/h9-20,22H,1-8H2. The number of hydrogen-bond acceptors (Lipinski definition) is 0. The monoisotopic (exact) mass is 546 g/mol. The Morgan fingerprint density at radius 2 is 1.03 bits per heavy atom. The van der Waals surface area contributed by atoms with Crippen molar-refractivity contribution in [2.45, 2.75) is 63.2 Å². The van der Waals surface area contributed by atoms with Crippen molar-refractivity contribution in [3.8, 4) is 11.1 Å². The first-order valence-corrected chi connectivity index (χ1v) is 13.5. The van der Waals surface area contributed by atoms with Crippen molar-refractivity contribution in [3.63, 3.8) is 0 Å². The summed E-state index contributed by atoms with van der Waals surface area (Å²) in [5.74, 6) is -4.55. The number of benzene rings is 3. The normalized spacial score (nSPS) is 23.5. The maximum Gasteiger partial charge on any atom is 0.306 e. The molecule has 0 aliphatic heterocycles. The van der Waals surface area contributed by atoms with E-state index in [0.717, 1.165) is 74.6 Å². The molecule has 0 unspecified atom stereocenters. The van der Waals surface area contributed by atoms with Gasteiger partial charge >= 0.3 is 6.08 Å². The predicted octanol–water partition coefficient (Wildman–Crippen LogP) is 10.7. The Bertz CT molecular complexity index is 1320. The number of rotatable bonds is 5. The molecule has 0 nitrogen and oxygen atoms in total. The second-order valence-electron chi connectivity index (χ2n) is 10.9. The van der Waals surface area contributed by atoms with Crippen LogP contribution >= 0.6 is 0 Å². The molecule has 2 aliphatic rings. The zero-order valence-corrected chi connectivity index (χ0v) is 21.3. The minimum atomic E-state index is -2.31. The fourth-order valence-corrected chi connectivity index (χ4v) is 6.59. The average molecular weight is 547 g/mol. The Labute approximate surface area is 223 Å². The molecule has 0 bridgehead atoms. The molecular formula is C32H29F7. The number of hydrogen-bond donors (Lipinski definition) is 0. The van der Waals surface area contributed by atoms with Gasteiger partial charge in [-0.25, -0.2) is 22.0 Å². The van der Waals surface area contributed by atoms with E-state index >= 15 is 0 Å². The first kappa shape index (κ1) is 27.5. The molecule has 0 spiro atoms. The summed E-state index contributed by atoms with van der Waals surface area (Å²) in [7, 11) is 0. The second-order valence-corrected chi connectivity index (χ2v) is 10.9. The van der Waals surface area contributed by atoms with Crippen LogP contribution in [-0.2, 0) is 0 Å². The minimum absolute atomic E-state index is 0.0350. The van der Waals surface area contributed by atoms with Gasteiger partial charge < -0.3 is 0 Å². The second kappa shape index (κ2) is 11.6. The van der Waals surface area contributed by atoms with Crippen LogP contribution in [0, 0.1) is 35.1 Å². The van der Waals surface area contributed by atoms with Crippen molar-refractivity contribution in [2.24, 2.45) is 11.8 Å². The summed E-state index contributed by atoms with van der Waals surface area (Å²) in [5.41, 5.74) is 1.82. The molecule has 0 radical (unpaired) electrons. The lowest BCUT2D eigenvalue weighted by Gasteiger charge is -2.38. The third-order valence-electron chi connectivity index (χ3n) is 8.77. The van der Waals surface area contributed by atoms with Gasteiger partial charge in [0.15, 0.2) is 23.3 Å². The molecule has 2 saturated carbocycles. The lowest BCUT2D eigenvalue weighted by Crippen LogP contribution is -2.25. The van der Waals surface area contributed by atoms with Gasteiger partial charge in [0.2, 0.25) is 0 Å². The van der Waals surface area contributed by atoms with Crippen molar-refractivity contribution in [1.29, 1.82) is 0 Å². The molecule has 2 fully saturated rings. The summed E-state index contributed by atoms with van der Waals surface area (Å²) in [5, 5.41) is 0. The molecule has 0 aromatic heterocycles. The molecule has 0 atom stereocenters. The minimum Gasteiger partial charge on any atom is -0.206 e. The van der Waals surface area contributed by atoms with Crippen LogP contribution in [0.5, 0.6) is 0 Å². The lowest BCUT2D eigenvalue weighted by atomic mass is 9.67. The fourth-order valence-electron chi connectivity index (χ4n) is 6.59. The summed E-state index contributed by atoms with van der Waals surface area (Å²) < 4.78 is 93.9. The van der Waals surface area contributed by atoms with Crippen LogP contribution in [0.1, 0.15) is 79.9 Å². The van der Waals surface area contributed by atoms with Gasteiger partial charge in [-0.2, -0.15) is 8.78 Å². The van der Waals surface area contributed by atoms with Crippen molar-refractivity contribution in [3.05, 3.63) is 101 Å². The quantitative estimate of drug-likeness (QED) is 0.221. The van der Waals surface area contributed by atoms with Gasteiger partial charge in [-0.1, -0.05) is 36.4 Å². The average Bonchev–Trinajstić information content (AvgIpc) is 2.95. The highest BCUT2D eigenvalue weighted by molar-refractivity contribution is 5.65. The van der Waals surface area contributed by atoms with Crippen LogP contribution in [0.15, 0.2) is 60.7 Å². The fraction of sp³-hybridized carbons (Fsp3) is 0.375. The van der Waals surface area contributed by atoms with Gasteiger partial charge in [0.25, 0.3) is 0 Å². The zero-order chi connectivity index (χ0) is 27.7. The summed E-state index contributed by atoms with van der Waals surface area (Å²) in [6.45, 7) is 0.